The lowest BCUT2D eigenvalue weighted by molar-refractivity contribution is -0.135. The molecular weight excluding hydrogens is 402 g/mol. The molecule has 2 N–H and O–H groups in total. The molecule has 8 nitrogen and oxygen atoms in total. The first-order chi connectivity index (χ1) is 14.5. The SMILES string of the molecule is Cn1/c(=N/NC(=O)CN2C(=O)NC3(CCc4ccccc43)C2=O)sc2ccccc21. The van der Waals surface area contributed by atoms with Crippen LogP contribution in [0.4, 0.5) is 4.79 Å². The van der Waals surface area contributed by atoms with Crippen molar-refractivity contribution in [1.82, 2.24) is 20.2 Å². The average Bonchev–Trinajstić information content (AvgIpc) is 3.36. The van der Waals surface area contributed by atoms with Crippen LogP contribution >= 0.6 is 11.3 Å². The molecule has 1 aromatic heterocycles. The Labute approximate surface area is 175 Å². The molecule has 1 atom stereocenters. The summed E-state index contributed by atoms with van der Waals surface area (Å²) in [6.07, 6.45) is 1.21. The third-order valence-electron chi connectivity index (χ3n) is 5.71. The van der Waals surface area contributed by atoms with Crippen molar-refractivity contribution in [1.29, 1.82) is 0 Å². The van der Waals surface area contributed by atoms with Crippen molar-refractivity contribution in [2.45, 2.75) is 18.4 Å². The molecule has 1 spiro atoms. The van der Waals surface area contributed by atoms with E-state index in [1.54, 1.807) is 0 Å². The van der Waals surface area contributed by atoms with Gasteiger partial charge in [0.2, 0.25) is 4.80 Å². The van der Waals surface area contributed by atoms with Gasteiger partial charge in [0.15, 0.2) is 0 Å². The average molecular weight is 421 g/mol. The number of nitrogens with one attached hydrogen (secondary N) is 2. The zero-order valence-corrected chi connectivity index (χ0v) is 17.0. The molecule has 152 valence electrons. The number of imide groups is 1. The lowest BCUT2D eigenvalue weighted by Crippen LogP contribution is -2.43. The molecule has 1 aliphatic carbocycles. The van der Waals surface area contributed by atoms with Gasteiger partial charge in [0.1, 0.15) is 12.1 Å². The highest BCUT2D eigenvalue weighted by molar-refractivity contribution is 7.16. The van der Waals surface area contributed by atoms with Crippen LogP contribution in [-0.2, 0) is 28.6 Å². The molecule has 1 saturated heterocycles. The number of para-hydroxylation sites is 1. The van der Waals surface area contributed by atoms with E-state index in [0.29, 0.717) is 17.6 Å². The largest absolute Gasteiger partial charge is 0.325 e. The number of nitrogens with zero attached hydrogens (tertiary/aromatic N) is 3. The Kier molecular flexibility index (Phi) is 4.21. The molecule has 0 bridgehead atoms. The van der Waals surface area contributed by atoms with Gasteiger partial charge in [-0.05, 0) is 36.1 Å². The summed E-state index contributed by atoms with van der Waals surface area (Å²) in [4.78, 5) is 39.7. The van der Waals surface area contributed by atoms with Crippen LogP contribution in [0.25, 0.3) is 10.2 Å². The second-order valence-electron chi connectivity index (χ2n) is 7.44. The Morgan fingerprint density at radius 2 is 1.97 bits per heavy atom. The van der Waals surface area contributed by atoms with E-state index in [0.717, 1.165) is 26.2 Å². The van der Waals surface area contributed by atoms with Crippen molar-refractivity contribution >= 4 is 39.4 Å². The number of rotatable bonds is 3. The first kappa shape index (κ1) is 18.6. The summed E-state index contributed by atoms with van der Waals surface area (Å²) in [5.41, 5.74) is 4.27. The second-order valence-corrected chi connectivity index (χ2v) is 8.45. The fourth-order valence-electron chi connectivity index (χ4n) is 4.21. The Morgan fingerprint density at radius 3 is 2.80 bits per heavy atom. The Bertz CT molecular complexity index is 1280. The highest BCUT2D eigenvalue weighted by atomic mass is 32.1. The van der Waals surface area contributed by atoms with Gasteiger partial charge in [0, 0.05) is 7.05 Å². The van der Waals surface area contributed by atoms with Crippen molar-refractivity contribution < 1.29 is 14.4 Å². The van der Waals surface area contributed by atoms with Crippen LogP contribution in [0, 0.1) is 0 Å². The van der Waals surface area contributed by atoms with Crippen LogP contribution in [0.3, 0.4) is 0 Å². The van der Waals surface area contributed by atoms with E-state index in [1.165, 1.54) is 11.3 Å². The minimum Gasteiger partial charge on any atom is -0.319 e. The monoisotopic (exact) mass is 421 g/mol. The molecule has 2 aliphatic rings. The summed E-state index contributed by atoms with van der Waals surface area (Å²) in [7, 11) is 1.86. The molecule has 0 saturated carbocycles. The van der Waals surface area contributed by atoms with Crippen molar-refractivity contribution in [3.8, 4) is 0 Å². The van der Waals surface area contributed by atoms with E-state index >= 15 is 0 Å². The van der Waals surface area contributed by atoms with Gasteiger partial charge in [-0.15, -0.1) is 5.10 Å². The zero-order chi connectivity index (χ0) is 20.9. The fraction of sp³-hybridized carbons (Fsp3) is 0.238. The highest BCUT2D eigenvalue weighted by Gasteiger charge is 2.55. The zero-order valence-electron chi connectivity index (χ0n) is 16.2. The van der Waals surface area contributed by atoms with Gasteiger partial charge in [0.25, 0.3) is 11.8 Å². The smallest absolute Gasteiger partial charge is 0.319 e. The summed E-state index contributed by atoms with van der Waals surface area (Å²) >= 11 is 1.44. The molecule has 2 aromatic carbocycles. The predicted octanol–water partition coefficient (Wildman–Crippen LogP) is 1.57. The summed E-state index contributed by atoms with van der Waals surface area (Å²) < 4.78 is 2.92. The standard InChI is InChI=1S/C21H19N5O3S/c1-25-15-8-4-5-9-16(15)30-20(25)24-23-17(27)12-26-18(28)21(22-19(26)29)11-10-13-6-2-3-7-14(13)21/h2-9H,10-12H2,1H3,(H,22,29)(H,23,27)/b24-20-. The van der Waals surface area contributed by atoms with E-state index < -0.39 is 17.5 Å². The first-order valence-electron chi connectivity index (χ1n) is 9.59. The summed E-state index contributed by atoms with van der Waals surface area (Å²) in [6.45, 7) is -0.382. The molecule has 3 aromatic rings. The number of carbonyl (C=O) groups is 3. The van der Waals surface area contributed by atoms with E-state index in [-0.39, 0.29) is 12.5 Å². The van der Waals surface area contributed by atoms with Crippen LogP contribution in [0.15, 0.2) is 53.6 Å². The predicted molar refractivity (Wildman–Crippen MR) is 111 cm³/mol. The van der Waals surface area contributed by atoms with Crippen LogP contribution in [-0.4, -0.2) is 33.9 Å². The molecule has 30 heavy (non-hydrogen) atoms. The quantitative estimate of drug-likeness (QED) is 0.496. The molecule has 9 heteroatoms. The number of aromatic nitrogens is 1. The van der Waals surface area contributed by atoms with Gasteiger partial charge >= 0.3 is 6.03 Å². The highest BCUT2D eigenvalue weighted by Crippen LogP contribution is 2.41. The molecule has 5 rings (SSSR count). The lowest BCUT2D eigenvalue weighted by atomic mass is 9.92. The number of fused-ring (bicyclic) bond motifs is 3. The molecule has 2 heterocycles. The topological polar surface area (TPSA) is 95.8 Å². The number of hydrogen-bond acceptors (Lipinski definition) is 5. The molecule has 1 aliphatic heterocycles. The maximum Gasteiger partial charge on any atom is 0.325 e. The van der Waals surface area contributed by atoms with Gasteiger partial charge in [-0.25, -0.2) is 10.2 Å². The number of carbonyl (C=O) groups excluding carboxylic acids is 3. The number of aryl methyl sites for hydroxylation is 2. The van der Waals surface area contributed by atoms with Crippen molar-refractivity contribution in [3.05, 3.63) is 64.5 Å². The van der Waals surface area contributed by atoms with Gasteiger partial charge in [-0.3, -0.25) is 14.5 Å². The van der Waals surface area contributed by atoms with E-state index in [1.807, 2.05) is 60.1 Å². The Morgan fingerprint density at radius 1 is 1.20 bits per heavy atom. The molecule has 4 amide bonds. The van der Waals surface area contributed by atoms with E-state index in [2.05, 4.69) is 15.8 Å². The minimum absolute atomic E-state index is 0.382. The first-order valence-corrected chi connectivity index (χ1v) is 10.4. The Balaban J connectivity index is 1.35. The van der Waals surface area contributed by atoms with Crippen molar-refractivity contribution in [2.75, 3.05) is 6.54 Å². The molecular formula is C21H19N5O3S. The Hall–Kier alpha value is -3.46. The molecule has 1 fully saturated rings. The summed E-state index contributed by atoms with van der Waals surface area (Å²) in [5.74, 6) is -0.917. The third-order valence-corrected chi connectivity index (χ3v) is 6.83. The number of urea groups is 1. The minimum atomic E-state index is -1.07. The summed E-state index contributed by atoms with van der Waals surface area (Å²) in [5, 5.41) is 6.99. The van der Waals surface area contributed by atoms with Crippen molar-refractivity contribution in [2.24, 2.45) is 12.1 Å². The van der Waals surface area contributed by atoms with E-state index in [9.17, 15) is 14.4 Å². The maximum atomic E-state index is 13.1. The normalized spacial score (nSPS) is 20.8. The third kappa shape index (κ3) is 2.73. The second kappa shape index (κ2) is 6.81. The number of thiazole rings is 1. The van der Waals surface area contributed by atoms with Gasteiger partial charge in [0.05, 0.1) is 10.2 Å². The number of benzene rings is 2. The van der Waals surface area contributed by atoms with Gasteiger partial charge in [-0.2, -0.15) is 0 Å². The maximum absolute atomic E-state index is 13.1. The summed E-state index contributed by atoms with van der Waals surface area (Å²) in [6, 6.07) is 14.9. The van der Waals surface area contributed by atoms with Crippen LogP contribution in [0.1, 0.15) is 17.5 Å². The lowest BCUT2D eigenvalue weighted by Gasteiger charge is -2.22. The van der Waals surface area contributed by atoms with E-state index in [4.69, 9.17) is 0 Å². The molecule has 1 unspecified atom stereocenters. The van der Waals surface area contributed by atoms with Crippen molar-refractivity contribution in [3.63, 3.8) is 0 Å². The van der Waals surface area contributed by atoms with Gasteiger partial charge in [-0.1, -0.05) is 47.7 Å². The fourth-order valence-corrected chi connectivity index (χ4v) is 5.19. The number of amides is 4. The number of hydrogen-bond donors (Lipinski definition) is 2. The van der Waals surface area contributed by atoms with Crippen LogP contribution in [0.5, 0.6) is 0 Å². The van der Waals surface area contributed by atoms with Crippen LogP contribution < -0.4 is 15.5 Å². The van der Waals surface area contributed by atoms with Crippen LogP contribution in [0.2, 0.25) is 0 Å². The molecule has 0 radical (unpaired) electrons. The van der Waals surface area contributed by atoms with Gasteiger partial charge < -0.3 is 9.88 Å².